The molecule has 1 rings (SSSR count). The van der Waals surface area contributed by atoms with E-state index in [1.54, 1.807) is 0 Å². The van der Waals surface area contributed by atoms with E-state index in [9.17, 15) is 4.79 Å². The first kappa shape index (κ1) is 15.5. The van der Waals surface area contributed by atoms with Gasteiger partial charge in [-0.3, -0.25) is 4.79 Å². The molecule has 0 radical (unpaired) electrons. The summed E-state index contributed by atoms with van der Waals surface area (Å²) in [6.07, 6.45) is 1.19. The minimum Gasteiger partial charge on any atom is -0.370 e. The molecule has 0 saturated heterocycles. The third-order valence-corrected chi connectivity index (χ3v) is 3.57. The van der Waals surface area contributed by atoms with Crippen molar-refractivity contribution >= 4 is 14.0 Å². The maximum Gasteiger partial charge on any atom is 0.218 e. The van der Waals surface area contributed by atoms with Crippen LogP contribution in [0.15, 0.2) is 18.2 Å². The molecule has 0 fully saturated rings. The van der Waals surface area contributed by atoms with Crippen molar-refractivity contribution in [2.75, 3.05) is 0 Å². The molecule has 0 bridgehead atoms. The van der Waals surface area contributed by atoms with Crippen LogP contribution >= 0.6 is 0 Å². The lowest BCUT2D eigenvalue weighted by Gasteiger charge is -2.12. The highest BCUT2D eigenvalue weighted by Gasteiger charge is 2.14. The van der Waals surface area contributed by atoms with E-state index < -0.39 is 8.07 Å². The first-order valence-electron chi connectivity index (χ1n) is 6.60. The highest BCUT2D eigenvalue weighted by Crippen LogP contribution is 2.21. The second kappa shape index (κ2) is 6.53. The zero-order valence-electron chi connectivity index (χ0n) is 12.2. The second-order valence-electron chi connectivity index (χ2n) is 5.72. The van der Waals surface area contributed by atoms with Crippen molar-refractivity contribution in [2.24, 2.45) is 5.73 Å². The number of nitrogens with zero attached hydrogens (tertiary/aromatic N) is 1. The summed E-state index contributed by atoms with van der Waals surface area (Å²) in [5.41, 5.74) is 10.3. The van der Waals surface area contributed by atoms with Crippen molar-refractivity contribution in [1.82, 2.24) is 4.98 Å². The summed E-state index contributed by atoms with van der Waals surface area (Å²) < 4.78 is 0. The topological polar surface area (TPSA) is 56.0 Å². The molecule has 1 amide bonds. The normalized spacial score (nSPS) is 12.4. The third kappa shape index (κ3) is 5.71. The van der Waals surface area contributed by atoms with Crippen LogP contribution in [-0.4, -0.2) is 19.0 Å². The monoisotopic (exact) mass is 274 g/mol. The molecule has 4 heteroatoms. The minimum absolute atomic E-state index is 0.0890. The molecule has 0 spiro atoms. The lowest BCUT2D eigenvalue weighted by molar-refractivity contribution is -0.118. The summed E-state index contributed by atoms with van der Waals surface area (Å²) in [7, 11) is -1.39. The summed E-state index contributed by atoms with van der Waals surface area (Å²) in [4.78, 5) is 15.6. The second-order valence-corrected chi connectivity index (χ2v) is 10.5. The fourth-order valence-corrected chi connectivity index (χ4v) is 2.20. The number of hydrogen-bond donors (Lipinski definition) is 1. The van der Waals surface area contributed by atoms with E-state index in [0.29, 0.717) is 6.42 Å². The molecular weight excluding hydrogens is 252 g/mol. The highest BCUT2D eigenvalue weighted by molar-refractivity contribution is 6.83. The van der Waals surface area contributed by atoms with Crippen LogP contribution in [0.25, 0.3) is 0 Å². The molecule has 0 aliphatic heterocycles. The van der Waals surface area contributed by atoms with Gasteiger partial charge in [0, 0.05) is 18.0 Å². The van der Waals surface area contributed by atoms with Gasteiger partial charge in [-0.25, -0.2) is 4.98 Å². The molecule has 0 aromatic carbocycles. The van der Waals surface area contributed by atoms with E-state index in [1.165, 1.54) is 0 Å². The van der Waals surface area contributed by atoms with Crippen LogP contribution in [0.2, 0.25) is 19.6 Å². The zero-order chi connectivity index (χ0) is 14.5. The minimum atomic E-state index is -1.39. The van der Waals surface area contributed by atoms with Crippen molar-refractivity contribution < 1.29 is 4.79 Å². The summed E-state index contributed by atoms with van der Waals surface area (Å²) >= 11 is 0. The Bertz CT molecular complexity index is 509. The van der Waals surface area contributed by atoms with Crippen LogP contribution in [0.4, 0.5) is 0 Å². The van der Waals surface area contributed by atoms with Gasteiger partial charge in [0.05, 0.1) is 0 Å². The molecule has 1 aromatic heterocycles. The van der Waals surface area contributed by atoms with Gasteiger partial charge in [-0.15, -0.1) is 5.54 Å². The standard InChI is InChI=1S/C15H22N2OSi/c1-5-12(11-15(16)18)14-8-6-7-13(17-14)9-10-19(2,3)4/h6-8,12H,5,11H2,1-4H3,(H2,16,18). The van der Waals surface area contributed by atoms with E-state index in [2.05, 4.69) is 36.1 Å². The smallest absolute Gasteiger partial charge is 0.218 e. The van der Waals surface area contributed by atoms with Gasteiger partial charge in [0.1, 0.15) is 13.8 Å². The fraction of sp³-hybridized carbons (Fsp3) is 0.467. The molecular formula is C15H22N2OSi. The van der Waals surface area contributed by atoms with Crippen molar-refractivity contribution in [2.45, 2.75) is 45.3 Å². The molecule has 102 valence electrons. The number of aromatic nitrogens is 1. The lowest BCUT2D eigenvalue weighted by Crippen LogP contribution is -2.17. The molecule has 0 saturated carbocycles. The van der Waals surface area contributed by atoms with Gasteiger partial charge in [0.25, 0.3) is 0 Å². The Morgan fingerprint density at radius 3 is 2.63 bits per heavy atom. The lowest BCUT2D eigenvalue weighted by atomic mass is 9.97. The summed E-state index contributed by atoms with van der Waals surface area (Å²) in [5.74, 6) is 2.95. The van der Waals surface area contributed by atoms with E-state index in [4.69, 9.17) is 5.73 Å². The van der Waals surface area contributed by atoms with E-state index >= 15 is 0 Å². The van der Waals surface area contributed by atoms with Gasteiger partial charge in [-0.1, -0.05) is 38.6 Å². The van der Waals surface area contributed by atoms with E-state index in [0.717, 1.165) is 17.8 Å². The predicted octanol–water partition coefficient (Wildman–Crippen LogP) is 2.68. The number of primary amides is 1. The number of carbonyl (C=O) groups excluding carboxylic acids is 1. The van der Waals surface area contributed by atoms with Gasteiger partial charge < -0.3 is 5.73 Å². The van der Waals surface area contributed by atoms with Gasteiger partial charge in [-0.2, -0.15) is 0 Å². The maximum atomic E-state index is 11.1. The number of carbonyl (C=O) groups is 1. The first-order chi connectivity index (χ1) is 8.81. The van der Waals surface area contributed by atoms with Gasteiger partial charge in [-0.05, 0) is 18.6 Å². The van der Waals surface area contributed by atoms with Gasteiger partial charge in [0.15, 0.2) is 0 Å². The number of hydrogen-bond acceptors (Lipinski definition) is 2. The Labute approximate surface area is 116 Å². The average molecular weight is 274 g/mol. The average Bonchev–Trinajstić information content (AvgIpc) is 2.33. The SMILES string of the molecule is CCC(CC(N)=O)c1cccc(C#C[Si](C)(C)C)n1. The fourth-order valence-electron chi connectivity index (χ4n) is 1.70. The molecule has 1 unspecified atom stereocenters. The maximum absolute atomic E-state index is 11.1. The van der Waals surface area contributed by atoms with Gasteiger partial charge in [0.2, 0.25) is 5.91 Å². The Hall–Kier alpha value is -1.60. The van der Waals surface area contributed by atoms with Crippen molar-refractivity contribution in [1.29, 1.82) is 0 Å². The summed E-state index contributed by atoms with van der Waals surface area (Å²) in [5, 5.41) is 0. The van der Waals surface area contributed by atoms with Crippen molar-refractivity contribution in [3.63, 3.8) is 0 Å². The quantitative estimate of drug-likeness (QED) is 0.678. The van der Waals surface area contributed by atoms with Crippen LogP contribution in [-0.2, 0) is 4.79 Å². The Kier molecular flexibility index (Phi) is 5.31. The molecule has 0 aliphatic rings. The van der Waals surface area contributed by atoms with Crippen LogP contribution in [0.3, 0.4) is 0 Å². The van der Waals surface area contributed by atoms with E-state index in [1.807, 2.05) is 25.1 Å². The Morgan fingerprint density at radius 2 is 2.11 bits per heavy atom. The van der Waals surface area contributed by atoms with Gasteiger partial charge >= 0.3 is 0 Å². The molecule has 1 atom stereocenters. The van der Waals surface area contributed by atoms with Crippen LogP contribution in [0.5, 0.6) is 0 Å². The Balaban J connectivity index is 2.98. The first-order valence-corrected chi connectivity index (χ1v) is 10.1. The Morgan fingerprint density at radius 1 is 1.42 bits per heavy atom. The predicted molar refractivity (Wildman–Crippen MR) is 81.3 cm³/mol. The van der Waals surface area contributed by atoms with Crippen molar-refractivity contribution in [3.05, 3.63) is 29.6 Å². The van der Waals surface area contributed by atoms with Crippen LogP contribution in [0, 0.1) is 11.5 Å². The van der Waals surface area contributed by atoms with Crippen molar-refractivity contribution in [3.8, 4) is 11.5 Å². The largest absolute Gasteiger partial charge is 0.370 e. The molecule has 1 aromatic rings. The molecule has 2 N–H and O–H groups in total. The molecule has 1 heterocycles. The number of rotatable bonds is 4. The van der Waals surface area contributed by atoms with E-state index in [-0.39, 0.29) is 11.8 Å². The zero-order valence-corrected chi connectivity index (χ0v) is 13.2. The highest BCUT2D eigenvalue weighted by atomic mass is 28.3. The van der Waals surface area contributed by atoms with Crippen LogP contribution < -0.4 is 5.73 Å². The summed E-state index contributed by atoms with van der Waals surface area (Å²) in [6.45, 7) is 8.64. The molecule has 0 aliphatic carbocycles. The number of pyridine rings is 1. The van der Waals surface area contributed by atoms with Crippen LogP contribution in [0.1, 0.15) is 37.1 Å². The summed E-state index contributed by atoms with van der Waals surface area (Å²) in [6, 6.07) is 5.80. The molecule has 19 heavy (non-hydrogen) atoms. The molecule has 3 nitrogen and oxygen atoms in total. The number of amides is 1. The third-order valence-electron chi connectivity index (χ3n) is 2.69. The number of nitrogens with two attached hydrogens (primary N) is 1.